The minimum Gasteiger partial charge on any atom is -0.391 e. The van der Waals surface area contributed by atoms with Crippen LogP contribution in [0.5, 0.6) is 0 Å². The van der Waals surface area contributed by atoms with Crippen molar-refractivity contribution in [2.24, 2.45) is 11.8 Å². The zero-order valence-corrected chi connectivity index (χ0v) is 18.9. The van der Waals surface area contributed by atoms with Crippen LogP contribution in [0.1, 0.15) is 30.4 Å². The minimum absolute atomic E-state index is 0.0131. The smallest absolute Gasteiger partial charge is 0.241 e. The second kappa shape index (κ2) is 8.67. The van der Waals surface area contributed by atoms with E-state index < -0.39 is 39.1 Å². The van der Waals surface area contributed by atoms with Crippen LogP contribution in [-0.4, -0.2) is 42.7 Å². The van der Waals surface area contributed by atoms with E-state index in [1.165, 1.54) is 12.1 Å². The highest BCUT2D eigenvalue weighted by Crippen LogP contribution is 2.38. The number of aliphatic hydroxyl groups is 1. The quantitative estimate of drug-likeness (QED) is 0.654. The van der Waals surface area contributed by atoms with Crippen molar-refractivity contribution in [3.63, 3.8) is 0 Å². The number of benzene rings is 2. The van der Waals surface area contributed by atoms with Gasteiger partial charge in [-0.25, -0.2) is 8.42 Å². The number of anilines is 1. The molecule has 0 aromatic heterocycles. The molecule has 7 nitrogen and oxygen atoms in total. The van der Waals surface area contributed by atoms with Crippen LogP contribution in [-0.2, 0) is 19.4 Å². The first kappa shape index (κ1) is 22.5. The molecule has 0 bridgehead atoms. The van der Waals surface area contributed by atoms with Gasteiger partial charge in [-0.1, -0.05) is 24.3 Å². The Labute approximate surface area is 188 Å². The van der Waals surface area contributed by atoms with Gasteiger partial charge < -0.3 is 15.7 Å². The molecular formula is C24H28N2O5S. The molecule has 8 heteroatoms. The van der Waals surface area contributed by atoms with Crippen molar-refractivity contribution < 1.29 is 23.1 Å². The molecule has 32 heavy (non-hydrogen) atoms. The molecule has 4 rings (SSSR count). The van der Waals surface area contributed by atoms with Gasteiger partial charge >= 0.3 is 0 Å². The molecule has 1 saturated carbocycles. The lowest BCUT2D eigenvalue weighted by atomic mass is 9.73. The van der Waals surface area contributed by atoms with Gasteiger partial charge in [0.2, 0.25) is 11.8 Å². The lowest BCUT2D eigenvalue weighted by molar-refractivity contribution is -0.132. The Bertz CT molecular complexity index is 1110. The van der Waals surface area contributed by atoms with Gasteiger partial charge in [0.05, 0.1) is 11.0 Å². The Hall–Kier alpha value is -2.71. The summed E-state index contributed by atoms with van der Waals surface area (Å²) in [6.45, 7) is 3.93. The zero-order chi connectivity index (χ0) is 23.0. The Kier molecular flexibility index (Phi) is 6.09. The number of hydrogen-bond acceptors (Lipinski definition) is 5. The standard InChI is InChI=1S/C24H28N2O5S/c1-14-10-15(2)12-17(11-14)25-23(28)16-8-9-19-20(13-16)26-24(29)22(21(19)27)32(30,31)18-6-4-3-5-7-18/h3-7,10-12,16,19-22,27H,8-9,13H2,1-2H3,(H,25,28)(H,26,29). The van der Waals surface area contributed by atoms with Gasteiger partial charge in [0.15, 0.2) is 15.1 Å². The number of sulfone groups is 1. The summed E-state index contributed by atoms with van der Waals surface area (Å²) in [4.78, 5) is 25.6. The van der Waals surface area contributed by atoms with E-state index in [4.69, 9.17) is 0 Å². The van der Waals surface area contributed by atoms with Gasteiger partial charge in [-0.05, 0) is 68.5 Å². The van der Waals surface area contributed by atoms with Crippen LogP contribution in [0.15, 0.2) is 53.4 Å². The van der Waals surface area contributed by atoms with Gasteiger partial charge in [-0.2, -0.15) is 0 Å². The summed E-state index contributed by atoms with van der Waals surface area (Å²) in [5, 5.41) is 15.1. The SMILES string of the molecule is Cc1cc(C)cc(NC(=O)C2CCC3C(C2)NC(=O)C(S(=O)(=O)c2ccccc2)C3O)c1. The fourth-order valence-corrected chi connectivity index (χ4v) is 6.77. The summed E-state index contributed by atoms with van der Waals surface area (Å²) in [5.41, 5.74) is 2.84. The maximum atomic E-state index is 13.0. The van der Waals surface area contributed by atoms with E-state index in [1.807, 2.05) is 32.0 Å². The Morgan fingerprint density at radius 3 is 2.38 bits per heavy atom. The summed E-state index contributed by atoms with van der Waals surface area (Å²) in [7, 11) is -4.03. The van der Waals surface area contributed by atoms with Gasteiger partial charge in [0, 0.05) is 23.6 Å². The maximum Gasteiger partial charge on any atom is 0.241 e. The van der Waals surface area contributed by atoms with E-state index in [2.05, 4.69) is 10.6 Å². The summed E-state index contributed by atoms with van der Waals surface area (Å²) in [6.07, 6.45) is 0.0190. The molecule has 170 valence electrons. The van der Waals surface area contributed by atoms with Gasteiger partial charge in [-0.3, -0.25) is 9.59 Å². The molecule has 2 amide bonds. The molecule has 5 unspecified atom stereocenters. The highest BCUT2D eigenvalue weighted by atomic mass is 32.2. The molecule has 5 atom stereocenters. The summed E-state index contributed by atoms with van der Waals surface area (Å²) >= 11 is 0. The van der Waals surface area contributed by atoms with E-state index >= 15 is 0 Å². The normalized spacial score (nSPS) is 27.8. The van der Waals surface area contributed by atoms with Crippen molar-refractivity contribution in [1.29, 1.82) is 0 Å². The topological polar surface area (TPSA) is 113 Å². The van der Waals surface area contributed by atoms with Crippen molar-refractivity contribution in [3.05, 3.63) is 59.7 Å². The molecule has 1 aliphatic heterocycles. The van der Waals surface area contributed by atoms with Gasteiger partial charge in [0.25, 0.3) is 0 Å². The summed E-state index contributed by atoms with van der Waals surface area (Å²) in [5.74, 6) is -1.58. The average molecular weight is 457 g/mol. The number of hydrogen-bond donors (Lipinski definition) is 3. The van der Waals surface area contributed by atoms with Crippen LogP contribution in [0.2, 0.25) is 0 Å². The average Bonchev–Trinajstić information content (AvgIpc) is 2.73. The number of carbonyl (C=O) groups is 2. The van der Waals surface area contributed by atoms with Crippen LogP contribution in [0.3, 0.4) is 0 Å². The molecule has 1 saturated heterocycles. The lowest BCUT2D eigenvalue weighted by Crippen LogP contribution is -2.63. The van der Waals surface area contributed by atoms with Crippen molar-refractivity contribution in [3.8, 4) is 0 Å². The molecule has 2 aliphatic rings. The maximum absolute atomic E-state index is 13.0. The van der Waals surface area contributed by atoms with Crippen LogP contribution in [0, 0.1) is 25.7 Å². The van der Waals surface area contributed by atoms with E-state index in [0.29, 0.717) is 19.3 Å². The largest absolute Gasteiger partial charge is 0.391 e. The molecular weight excluding hydrogens is 428 g/mol. The second-order valence-electron chi connectivity index (χ2n) is 8.92. The Morgan fingerprint density at radius 1 is 1.06 bits per heavy atom. The van der Waals surface area contributed by atoms with E-state index in [1.54, 1.807) is 18.2 Å². The fraction of sp³-hybridized carbons (Fsp3) is 0.417. The third kappa shape index (κ3) is 4.29. The highest BCUT2D eigenvalue weighted by Gasteiger charge is 2.52. The predicted octanol–water partition coefficient (Wildman–Crippen LogP) is 2.36. The Balaban J connectivity index is 1.47. The third-order valence-corrected chi connectivity index (χ3v) is 8.60. The first-order valence-electron chi connectivity index (χ1n) is 10.8. The van der Waals surface area contributed by atoms with Crippen molar-refractivity contribution >= 4 is 27.3 Å². The molecule has 2 aromatic rings. The Morgan fingerprint density at radius 2 is 1.72 bits per heavy atom. The highest BCUT2D eigenvalue weighted by molar-refractivity contribution is 7.92. The van der Waals surface area contributed by atoms with Crippen LogP contribution in [0.25, 0.3) is 0 Å². The molecule has 2 fully saturated rings. The minimum atomic E-state index is -4.03. The number of amides is 2. The molecule has 3 N–H and O–H groups in total. The molecule has 1 heterocycles. The van der Waals surface area contributed by atoms with Crippen LogP contribution in [0.4, 0.5) is 5.69 Å². The number of aliphatic hydroxyl groups excluding tert-OH is 1. The van der Waals surface area contributed by atoms with Crippen molar-refractivity contribution in [2.75, 3.05) is 5.32 Å². The van der Waals surface area contributed by atoms with E-state index in [-0.39, 0.29) is 16.7 Å². The number of nitrogens with one attached hydrogen (secondary N) is 2. The number of aryl methyl sites for hydroxylation is 2. The predicted molar refractivity (Wildman–Crippen MR) is 121 cm³/mol. The molecule has 0 spiro atoms. The number of carbonyl (C=O) groups excluding carboxylic acids is 2. The molecule has 1 aliphatic carbocycles. The number of rotatable bonds is 4. The zero-order valence-electron chi connectivity index (χ0n) is 18.1. The molecule has 2 aromatic carbocycles. The second-order valence-corrected chi connectivity index (χ2v) is 11.0. The number of piperidine rings is 1. The van der Waals surface area contributed by atoms with Crippen LogP contribution < -0.4 is 10.6 Å². The number of fused-ring (bicyclic) bond motifs is 1. The monoisotopic (exact) mass is 456 g/mol. The van der Waals surface area contributed by atoms with Gasteiger partial charge in [-0.15, -0.1) is 0 Å². The van der Waals surface area contributed by atoms with E-state index in [0.717, 1.165) is 16.8 Å². The summed E-state index contributed by atoms with van der Waals surface area (Å²) in [6, 6.07) is 13.1. The molecule has 0 radical (unpaired) electrons. The summed E-state index contributed by atoms with van der Waals surface area (Å²) < 4.78 is 26.1. The fourth-order valence-electron chi connectivity index (χ4n) is 5.02. The first-order valence-corrected chi connectivity index (χ1v) is 12.4. The van der Waals surface area contributed by atoms with Crippen molar-refractivity contribution in [1.82, 2.24) is 5.32 Å². The van der Waals surface area contributed by atoms with Crippen LogP contribution >= 0.6 is 0 Å². The van der Waals surface area contributed by atoms with Crippen molar-refractivity contribution in [2.45, 2.75) is 55.4 Å². The lowest BCUT2D eigenvalue weighted by Gasteiger charge is -2.44. The third-order valence-electron chi connectivity index (χ3n) is 6.50. The van der Waals surface area contributed by atoms with Gasteiger partial charge in [0.1, 0.15) is 0 Å². The van der Waals surface area contributed by atoms with E-state index in [9.17, 15) is 23.1 Å². The first-order chi connectivity index (χ1) is 15.2.